The summed E-state index contributed by atoms with van der Waals surface area (Å²) in [6, 6.07) is 14.6. The van der Waals surface area contributed by atoms with Crippen LogP contribution in [0.4, 0.5) is 10.1 Å². The number of benzene rings is 2. The Morgan fingerprint density at radius 3 is 2.41 bits per heavy atom. The van der Waals surface area contributed by atoms with Crippen molar-refractivity contribution in [2.75, 3.05) is 25.2 Å². The molecular weight excluding hydrogens is 281 g/mol. The molecule has 0 aromatic heterocycles. The summed E-state index contributed by atoms with van der Waals surface area (Å²) < 4.78 is 18.4. The molecule has 1 aliphatic rings. The Labute approximate surface area is 130 Å². The number of aliphatic hydroxyl groups excluding tert-OH is 1. The van der Waals surface area contributed by atoms with Crippen molar-refractivity contribution in [1.29, 1.82) is 0 Å². The fourth-order valence-electron chi connectivity index (χ4n) is 3.22. The van der Waals surface area contributed by atoms with Crippen LogP contribution in [0.1, 0.15) is 18.0 Å². The van der Waals surface area contributed by atoms with Gasteiger partial charge in [-0.2, -0.15) is 0 Å². The Morgan fingerprint density at radius 2 is 1.82 bits per heavy atom. The van der Waals surface area contributed by atoms with Crippen LogP contribution in [0.2, 0.25) is 0 Å². The molecule has 1 aliphatic heterocycles. The monoisotopic (exact) mass is 301 g/mol. The number of halogens is 1. The number of anilines is 1. The lowest BCUT2D eigenvalue weighted by Gasteiger charge is -2.30. The van der Waals surface area contributed by atoms with E-state index in [1.54, 1.807) is 7.11 Å². The standard InChI is InChI=1S/C18H20FNO2/c1-22-17-8-6-16(7-9-17)20-11-10-14(12-21)18(20)13-2-4-15(19)5-3-13/h2-9,14,18,21H,10-12H2,1H3/t14-,18-/m1/s1. The summed E-state index contributed by atoms with van der Waals surface area (Å²) in [5.41, 5.74) is 2.12. The first-order valence-electron chi connectivity index (χ1n) is 7.50. The van der Waals surface area contributed by atoms with E-state index < -0.39 is 0 Å². The summed E-state index contributed by atoms with van der Waals surface area (Å²) in [5, 5.41) is 9.68. The second-order valence-corrected chi connectivity index (χ2v) is 5.62. The molecule has 1 saturated heterocycles. The molecule has 2 aromatic carbocycles. The van der Waals surface area contributed by atoms with Gasteiger partial charge in [-0.05, 0) is 48.4 Å². The van der Waals surface area contributed by atoms with Crippen LogP contribution >= 0.6 is 0 Å². The minimum Gasteiger partial charge on any atom is -0.497 e. The van der Waals surface area contributed by atoms with Crippen LogP contribution in [0.25, 0.3) is 0 Å². The average molecular weight is 301 g/mol. The zero-order valence-electron chi connectivity index (χ0n) is 12.6. The highest BCUT2D eigenvalue weighted by Gasteiger charge is 2.34. The van der Waals surface area contributed by atoms with Crippen LogP contribution in [0.3, 0.4) is 0 Å². The quantitative estimate of drug-likeness (QED) is 0.939. The van der Waals surface area contributed by atoms with E-state index in [1.165, 1.54) is 12.1 Å². The molecule has 0 spiro atoms. The van der Waals surface area contributed by atoms with E-state index in [0.717, 1.165) is 30.0 Å². The molecule has 2 aromatic rings. The van der Waals surface area contributed by atoms with Gasteiger partial charge in [-0.1, -0.05) is 12.1 Å². The van der Waals surface area contributed by atoms with Gasteiger partial charge in [-0.25, -0.2) is 4.39 Å². The van der Waals surface area contributed by atoms with Crippen LogP contribution < -0.4 is 9.64 Å². The van der Waals surface area contributed by atoms with E-state index in [1.807, 2.05) is 36.4 Å². The fourth-order valence-corrected chi connectivity index (χ4v) is 3.22. The molecule has 0 aliphatic carbocycles. The fraction of sp³-hybridized carbons (Fsp3) is 0.333. The lowest BCUT2D eigenvalue weighted by Crippen LogP contribution is -2.26. The topological polar surface area (TPSA) is 32.7 Å². The van der Waals surface area contributed by atoms with Gasteiger partial charge in [-0.15, -0.1) is 0 Å². The Balaban J connectivity index is 1.92. The first-order valence-corrected chi connectivity index (χ1v) is 7.50. The van der Waals surface area contributed by atoms with Crippen molar-refractivity contribution in [3.63, 3.8) is 0 Å². The van der Waals surface area contributed by atoms with E-state index in [-0.39, 0.29) is 24.4 Å². The molecule has 116 valence electrons. The van der Waals surface area contributed by atoms with E-state index in [0.29, 0.717) is 0 Å². The molecule has 1 fully saturated rings. The number of hydrogen-bond donors (Lipinski definition) is 1. The third-order valence-corrected chi connectivity index (χ3v) is 4.37. The second-order valence-electron chi connectivity index (χ2n) is 5.62. The van der Waals surface area contributed by atoms with Crippen molar-refractivity contribution in [1.82, 2.24) is 0 Å². The number of hydrogen-bond acceptors (Lipinski definition) is 3. The molecule has 4 heteroatoms. The van der Waals surface area contributed by atoms with Crippen molar-refractivity contribution in [3.8, 4) is 5.75 Å². The number of rotatable bonds is 4. The van der Waals surface area contributed by atoms with Crippen molar-refractivity contribution in [2.24, 2.45) is 5.92 Å². The Bertz CT molecular complexity index is 612. The van der Waals surface area contributed by atoms with E-state index in [9.17, 15) is 9.50 Å². The van der Waals surface area contributed by atoms with E-state index in [4.69, 9.17) is 4.74 Å². The van der Waals surface area contributed by atoms with Gasteiger partial charge in [0.2, 0.25) is 0 Å². The maximum absolute atomic E-state index is 13.2. The Hall–Kier alpha value is -2.07. The number of aliphatic hydroxyl groups is 1. The largest absolute Gasteiger partial charge is 0.497 e. The van der Waals surface area contributed by atoms with Gasteiger partial charge in [0.15, 0.2) is 0 Å². The lowest BCUT2D eigenvalue weighted by molar-refractivity contribution is 0.218. The van der Waals surface area contributed by atoms with Crippen molar-refractivity contribution in [2.45, 2.75) is 12.5 Å². The normalized spacial score (nSPS) is 21.1. The van der Waals surface area contributed by atoms with E-state index in [2.05, 4.69) is 4.90 Å². The minimum atomic E-state index is -0.238. The summed E-state index contributed by atoms with van der Waals surface area (Å²) in [6.45, 7) is 1.01. The summed E-state index contributed by atoms with van der Waals surface area (Å²) in [6.07, 6.45) is 0.921. The molecule has 0 bridgehead atoms. The van der Waals surface area contributed by atoms with E-state index >= 15 is 0 Å². The van der Waals surface area contributed by atoms with Crippen LogP contribution in [0.15, 0.2) is 48.5 Å². The lowest BCUT2D eigenvalue weighted by atomic mass is 9.94. The third-order valence-electron chi connectivity index (χ3n) is 4.37. The Kier molecular flexibility index (Phi) is 4.29. The SMILES string of the molecule is COc1ccc(N2CC[C@H](CO)[C@H]2c2ccc(F)cc2)cc1. The molecule has 0 amide bonds. The molecule has 0 radical (unpaired) electrons. The van der Waals surface area contributed by atoms with Crippen molar-refractivity contribution < 1.29 is 14.2 Å². The van der Waals surface area contributed by atoms with Gasteiger partial charge >= 0.3 is 0 Å². The molecule has 1 N–H and O–H groups in total. The first-order chi connectivity index (χ1) is 10.7. The number of ether oxygens (including phenoxy) is 1. The van der Waals surface area contributed by atoms with Crippen LogP contribution in [0.5, 0.6) is 5.75 Å². The molecule has 22 heavy (non-hydrogen) atoms. The summed E-state index contributed by atoms with van der Waals surface area (Å²) in [4.78, 5) is 2.27. The highest BCUT2D eigenvalue weighted by Crippen LogP contribution is 2.40. The molecule has 0 unspecified atom stereocenters. The van der Waals surface area contributed by atoms with Crippen molar-refractivity contribution >= 4 is 5.69 Å². The van der Waals surface area contributed by atoms with Gasteiger partial charge in [0.1, 0.15) is 11.6 Å². The highest BCUT2D eigenvalue weighted by molar-refractivity contribution is 5.52. The predicted octanol–water partition coefficient (Wildman–Crippen LogP) is 3.39. The van der Waals surface area contributed by atoms with Gasteiger partial charge in [0.25, 0.3) is 0 Å². The minimum absolute atomic E-state index is 0.0685. The summed E-state index contributed by atoms with van der Waals surface area (Å²) in [7, 11) is 1.65. The maximum atomic E-state index is 13.2. The van der Waals surface area contributed by atoms with Gasteiger partial charge < -0.3 is 14.7 Å². The zero-order chi connectivity index (χ0) is 15.5. The molecule has 1 heterocycles. The average Bonchev–Trinajstić information content (AvgIpc) is 2.99. The summed E-state index contributed by atoms with van der Waals surface area (Å²) >= 11 is 0. The van der Waals surface area contributed by atoms with Gasteiger partial charge in [-0.3, -0.25) is 0 Å². The Morgan fingerprint density at radius 1 is 1.14 bits per heavy atom. The molecule has 0 saturated carbocycles. The number of nitrogens with zero attached hydrogens (tertiary/aromatic N) is 1. The third kappa shape index (κ3) is 2.79. The van der Waals surface area contributed by atoms with Crippen LogP contribution in [-0.4, -0.2) is 25.4 Å². The van der Waals surface area contributed by atoms with Crippen LogP contribution in [-0.2, 0) is 0 Å². The van der Waals surface area contributed by atoms with Crippen LogP contribution in [0, 0.1) is 11.7 Å². The molecule has 3 rings (SSSR count). The predicted molar refractivity (Wildman–Crippen MR) is 84.7 cm³/mol. The molecule has 3 nitrogen and oxygen atoms in total. The first kappa shape index (κ1) is 14.9. The zero-order valence-corrected chi connectivity index (χ0v) is 12.6. The number of methoxy groups -OCH3 is 1. The smallest absolute Gasteiger partial charge is 0.123 e. The van der Waals surface area contributed by atoms with Crippen molar-refractivity contribution in [3.05, 3.63) is 59.9 Å². The molecular formula is C18H20FNO2. The highest BCUT2D eigenvalue weighted by atomic mass is 19.1. The maximum Gasteiger partial charge on any atom is 0.123 e. The summed E-state index contributed by atoms with van der Waals surface area (Å²) in [5.74, 6) is 0.742. The van der Waals surface area contributed by atoms with Gasteiger partial charge in [0.05, 0.1) is 13.2 Å². The molecule has 2 atom stereocenters. The van der Waals surface area contributed by atoms with Gasteiger partial charge in [0, 0.05) is 24.8 Å². The second kappa shape index (κ2) is 6.36.